The van der Waals surface area contributed by atoms with Gasteiger partial charge in [-0.05, 0) is 50.2 Å². The van der Waals surface area contributed by atoms with Gasteiger partial charge in [0.1, 0.15) is 0 Å². The first-order valence-electron chi connectivity index (χ1n) is 5.74. The minimum absolute atomic E-state index is 0.543. The molecule has 2 atom stereocenters. The van der Waals surface area contributed by atoms with Gasteiger partial charge in [-0.15, -0.1) is 11.3 Å². The lowest BCUT2D eigenvalue weighted by atomic mass is 10.1. The fourth-order valence-electron chi connectivity index (χ4n) is 2.58. The molecule has 1 aromatic heterocycles. The molecule has 0 bridgehead atoms. The van der Waals surface area contributed by atoms with Crippen molar-refractivity contribution in [2.75, 3.05) is 13.1 Å². The average Bonchev–Trinajstić information content (AvgIpc) is 2.84. The summed E-state index contributed by atoms with van der Waals surface area (Å²) in [6.07, 6.45) is 2.57. The number of thiophene rings is 1. The molecule has 0 aromatic carbocycles. The molecule has 1 saturated heterocycles. The summed E-state index contributed by atoms with van der Waals surface area (Å²) in [5, 5.41) is 2.19. The zero-order chi connectivity index (χ0) is 10.8. The topological polar surface area (TPSA) is 29.3 Å². The van der Waals surface area contributed by atoms with E-state index in [2.05, 4.69) is 30.2 Å². The van der Waals surface area contributed by atoms with Crippen LogP contribution in [-0.2, 0) is 0 Å². The van der Waals surface area contributed by atoms with Crippen LogP contribution >= 0.6 is 11.3 Å². The van der Waals surface area contributed by atoms with E-state index in [9.17, 15) is 0 Å². The molecular formula is C12H20N2S. The Labute approximate surface area is 96.1 Å². The summed E-state index contributed by atoms with van der Waals surface area (Å²) in [5.41, 5.74) is 7.24. The van der Waals surface area contributed by atoms with Crippen molar-refractivity contribution >= 4 is 11.3 Å². The van der Waals surface area contributed by atoms with E-state index in [1.807, 2.05) is 11.3 Å². The van der Waals surface area contributed by atoms with Crippen molar-refractivity contribution in [1.82, 2.24) is 4.90 Å². The molecule has 2 nitrogen and oxygen atoms in total. The first-order valence-corrected chi connectivity index (χ1v) is 6.61. The van der Waals surface area contributed by atoms with Crippen molar-refractivity contribution in [3.63, 3.8) is 0 Å². The van der Waals surface area contributed by atoms with Crippen molar-refractivity contribution in [2.45, 2.75) is 38.8 Å². The Morgan fingerprint density at radius 3 is 3.07 bits per heavy atom. The Balaban J connectivity index is 2.13. The van der Waals surface area contributed by atoms with Gasteiger partial charge in [0.2, 0.25) is 0 Å². The highest BCUT2D eigenvalue weighted by Crippen LogP contribution is 2.33. The van der Waals surface area contributed by atoms with E-state index in [0.717, 1.165) is 6.54 Å². The Hall–Kier alpha value is -0.380. The predicted molar refractivity (Wildman–Crippen MR) is 66.3 cm³/mol. The van der Waals surface area contributed by atoms with Crippen LogP contribution in [0.1, 0.15) is 36.2 Å². The number of hydrogen-bond acceptors (Lipinski definition) is 3. The highest BCUT2D eigenvalue weighted by Gasteiger charge is 2.29. The zero-order valence-electron chi connectivity index (χ0n) is 9.57. The zero-order valence-corrected chi connectivity index (χ0v) is 10.4. The van der Waals surface area contributed by atoms with E-state index in [4.69, 9.17) is 5.73 Å². The molecular weight excluding hydrogens is 204 g/mol. The van der Waals surface area contributed by atoms with Crippen LogP contribution in [-0.4, -0.2) is 24.0 Å². The van der Waals surface area contributed by atoms with Gasteiger partial charge in [-0.25, -0.2) is 0 Å². The summed E-state index contributed by atoms with van der Waals surface area (Å²) in [5.74, 6) is 0. The van der Waals surface area contributed by atoms with E-state index in [1.54, 1.807) is 0 Å². The second-order valence-electron chi connectivity index (χ2n) is 4.41. The number of nitrogens with two attached hydrogens (primary N) is 1. The number of likely N-dealkylation sites (tertiary alicyclic amines) is 1. The molecule has 0 saturated carbocycles. The molecule has 84 valence electrons. The molecule has 3 heteroatoms. The van der Waals surface area contributed by atoms with E-state index in [1.165, 1.54) is 29.8 Å². The van der Waals surface area contributed by atoms with Crippen LogP contribution in [0.2, 0.25) is 0 Å². The van der Waals surface area contributed by atoms with Crippen molar-refractivity contribution < 1.29 is 0 Å². The minimum Gasteiger partial charge on any atom is -0.329 e. The summed E-state index contributed by atoms with van der Waals surface area (Å²) in [4.78, 5) is 4.08. The Kier molecular flexibility index (Phi) is 3.44. The lowest BCUT2D eigenvalue weighted by Gasteiger charge is -2.29. The standard InChI is InChI=1S/C12H20N2S/c1-9-5-7-15-12(9)10(2)14-6-3-4-11(14)8-13/h5,7,10-11H,3-4,6,8,13H2,1-2H3. The van der Waals surface area contributed by atoms with Crippen LogP contribution in [0.4, 0.5) is 0 Å². The second-order valence-corrected chi connectivity index (χ2v) is 5.36. The molecule has 2 heterocycles. The van der Waals surface area contributed by atoms with E-state index < -0.39 is 0 Å². The number of aryl methyl sites for hydroxylation is 1. The molecule has 2 unspecified atom stereocenters. The number of nitrogens with zero attached hydrogens (tertiary/aromatic N) is 1. The van der Waals surface area contributed by atoms with Crippen LogP contribution < -0.4 is 5.73 Å². The summed E-state index contributed by atoms with van der Waals surface area (Å²) >= 11 is 1.87. The summed E-state index contributed by atoms with van der Waals surface area (Å²) < 4.78 is 0. The Morgan fingerprint density at radius 1 is 1.67 bits per heavy atom. The van der Waals surface area contributed by atoms with Gasteiger partial charge in [0.15, 0.2) is 0 Å². The number of rotatable bonds is 3. The molecule has 0 amide bonds. The summed E-state index contributed by atoms with van der Waals surface area (Å²) in [7, 11) is 0. The lowest BCUT2D eigenvalue weighted by Crippen LogP contribution is -2.37. The van der Waals surface area contributed by atoms with Gasteiger partial charge < -0.3 is 5.73 Å². The van der Waals surface area contributed by atoms with Crippen LogP contribution in [0.25, 0.3) is 0 Å². The van der Waals surface area contributed by atoms with Gasteiger partial charge in [-0.3, -0.25) is 4.90 Å². The normalized spacial score (nSPS) is 24.6. The third-order valence-corrected chi connectivity index (χ3v) is 4.66. The molecule has 1 aliphatic rings. The smallest absolute Gasteiger partial charge is 0.0419 e. The quantitative estimate of drug-likeness (QED) is 0.855. The maximum absolute atomic E-state index is 5.82. The molecule has 1 aliphatic heterocycles. The van der Waals surface area contributed by atoms with Gasteiger partial charge in [0.25, 0.3) is 0 Å². The Bertz CT molecular complexity index is 321. The third kappa shape index (κ3) is 2.10. The fraction of sp³-hybridized carbons (Fsp3) is 0.667. The minimum atomic E-state index is 0.543. The van der Waals surface area contributed by atoms with Crippen LogP contribution in [0.3, 0.4) is 0 Å². The average molecular weight is 224 g/mol. The predicted octanol–water partition coefficient (Wildman–Crippen LogP) is 2.54. The summed E-state index contributed by atoms with van der Waals surface area (Å²) in [6, 6.07) is 3.35. The summed E-state index contributed by atoms with van der Waals surface area (Å²) in [6.45, 7) is 6.53. The highest BCUT2D eigenvalue weighted by atomic mass is 32.1. The maximum Gasteiger partial charge on any atom is 0.0419 e. The van der Waals surface area contributed by atoms with Crippen LogP contribution in [0.5, 0.6) is 0 Å². The third-order valence-electron chi connectivity index (χ3n) is 3.47. The first kappa shape index (κ1) is 11.1. The molecule has 1 aromatic rings. The molecule has 15 heavy (non-hydrogen) atoms. The van der Waals surface area contributed by atoms with Gasteiger partial charge in [-0.1, -0.05) is 0 Å². The maximum atomic E-state index is 5.82. The fourth-order valence-corrected chi connectivity index (χ4v) is 3.59. The molecule has 2 N–H and O–H groups in total. The van der Waals surface area contributed by atoms with Crippen molar-refractivity contribution in [3.05, 3.63) is 21.9 Å². The van der Waals surface area contributed by atoms with Gasteiger partial charge in [-0.2, -0.15) is 0 Å². The van der Waals surface area contributed by atoms with Crippen LogP contribution in [0, 0.1) is 6.92 Å². The number of hydrogen-bond donors (Lipinski definition) is 1. The largest absolute Gasteiger partial charge is 0.329 e. The van der Waals surface area contributed by atoms with Gasteiger partial charge >= 0.3 is 0 Å². The van der Waals surface area contributed by atoms with E-state index >= 15 is 0 Å². The van der Waals surface area contributed by atoms with Gasteiger partial charge in [0.05, 0.1) is 0 Å². The van der Waals surface area contributed by atoms with Crippen LogP contribution in [0.15, 0.2) is 11.4 Å². The first-order chi connectivity index (χ1) is 7.24. The Morgan fingerprint density at radius 2 is 2.47 bits per heavy atom. The SMILES string of the molecule is Cc1ccsc1C(C)N1CCCC1CN. The molecule has 0 aliphatic carbocycles. The molecule has 0 spiro atoms. The lowest BCUT2D eigenvalue weighted by molar-refractivity contribution is 0.199. The highest BCUT2D eigenvalue weighted by molar-refractivity contribution is 7.10. The van der Waals surface area contributed by atoms with Gasteiger partial charge in [0, 0.05) is 23.5 Å². The molecule has 0 radical (unpaired) electrons. The van der Waals surface area contributed by atoms with Crippen molar-refractivity contribution in [1.29, 1.82) is 0 Å². The second kappa shape index (κ2) is 4.64. The van der Waals surface area contributed by atoms with Crippen molar-refractivity contribution in [2.24, 2.45) is 5.73 Å². The molecule has 1 fully saturated rings. The van der Waals surface area contributed by atoms with E-state index in [0.29, 0.717) is 12.1 Å². The monoisotopic (exact) mass is 224 g/mol. The van der Waals surface area contributed by atoms with E-state index in [-0.39, 0.29) is 0 Å². The van der Waals surface area contributed by atoms with Crippen molar-refractivity contribution in [3.8, 4) is 0 Å². The molecule has 2 rings (SSSR count).